The quantitative estimate of drug-likeness (QED) is 0.837. The Bertz CT molecular complexity index is 658. The molecule has 2 aromatic carbocycles. The number of rotatable bonds is 4. The predicted octanol–water partition coefficient (Wildman–Crippen LogP) is 4.03. The third-order valence-corrected chi connectivity index (χ3v) is 3.43. The second-order valence-electron chi connectivity index (χ2n) is 4.38. The SMILES string of the molecule is COc1ccc(Cl)c(Nc2cc(C)ccc2C(N)=S)c1. The van der Waals surface area contributed by atoms with Crippen molar-refractivity contribution in [2.75, 3.05) is 12.4 Å². The Morgan fingerprint density at radius 3 is 2.60 bits per heavy atom. The van der Waals surface area contributed by atoms with Gasteiger partial charge in [0.05, 0.1) is 17.8 Å². The van der Waals surface area contributed by atoms with Crippen molar-refractivity contribution in [3.63, 3.8) is 0 Å². The Kier molecular flexibility index (Phi) is 4.47. The zero-order valence-corrected chi connectivity index (χ0v) is 12.8. The molecule has 20 heavy (non-hydrogen) atoms. The van der Waals surface area contributed by atoms with Crippen LogP contribution in [0.3, 0.4) is 0 Å². The predicted molar refractivity (Wildman–Crippen MR) is 88.4 cm³/mol. The zero-order chi connectivity index (χ0) is 14.7. The minimum absolute atomic E-state index is 0.339. The van der Waals surface area contributed by atoms with Crippen LogP contribution in [-0.4, -0.2) is 12.1 Å². The molecule has 2 rings (SSSR count). The number of methoxy groups -OCH3 is 1. The second kappa shape index (κ2) is 6.11. The Balaban J connectivity index is 2.43. The number of anilines is 2. The Labute approximate surface area is 128 Å². The smallest absolute Gasteiger partial charge is 0.121 e. The van der Waals surface area contributed by atoms with Crippen molar-refractivity contribution in [2.45, 2.75) is 6.92 Å². The van der Waals surface area contributed by atoms with Gasteiger partial charge in [0.1, 0.15) is 10.7 Å². The molecule has 0 unspecified atom stereocenters. The first-order chi connectivity index (χ1) is 9.51. The van der Waals surface area contributed by atoms with E-state index in [1.807, 2.05) is 31.2 Å². The third-order valence-electron chi connectivity index (χ3n) is 2.88. The molecule has 0 aromatic heterocycles. The van der Waals surface area contributed by atoms with Gasteiger partial charge in [0, 0.05) is 17.3 Å². The average Bonchev–Trinajstić information content (AvgIpc) is 2.41. The van der Waals surface area contributed by atoms with Crippen LogP contribution in [0.5, 0.6) is 5.75 Å². The van der Waals surface area contributed by atoms with Gasteiger partial charge in [0.15, 0.2) is 0 Å². The lowest BCUT2D eigenvalue weighted by atomic mass is 10.1. The largest absolute Gasteiger partial charge is 0.497 e. The molecule has 0 aliphatic carbocycles. The van der Waals surface area contributed by atoms with Crippen LogP contribution in [0.4, 0.5) is 11.4 Å². The van der Waals surface area contributed by atoms with Crippen LogP contribution in [0.25, 0.3) is 0 Å². The van der Waals surface area contributed by atoms with E-state index >= 15 is 0 Å². The van der Waals surface area contributed by atoms with Crippen LogP contribution in [-0.2, 0) is 0 Å². The molecule has 5 heteroatoms. The van der Waals surface area contributed by atoms with Crippen molar-refractivity contribution in [3.8, 4) is 5.75 Å². The summed E-state index contributed by atoms with van der Waals surface area (Å²) in [6.45, 7) is 2.00. The van der Waals surface area contributed by atoms with Crippen LogP contribution < -0.4 is 15.8 Å². The van der Waals surface area contributed by atoms with E-state index in [1.54, 1.807) is 19.2 Å². The molecule has 0 radical (unpaired) electrons. The number of ether oxygens (including phenoxy) is 1. The van der Waals surface area contributed by atoms with Gasteiger partial charge in [-0.05, 0) is 36.8 Å². The normalized spacial score (nSPS) is 10.2. The second-order valence-corrected chi connectivity index (χ2v) is 5.23. The molecule has 0 atom stereocenters. The summed E-state index contributed by atoms with van der Waals surface area (Å²) in [6.07, 6.45) is 0. The molecule has 2 aromatic rings. The maximum absolute atomic E-state index is 6.19. The molecule has 0 fully saturated rings. The summed E-state index contributed by atoms with van der Waals surface area (Å²) in [5.41, 5.74) is 9.20. The summed E-state index contributed by atoms with van der Waals surface area (Å²) in [5.74, 6) is 0.724. The zero-order valence-electron chi connectivity index (χ0n) is 11.2. The molecular weight excluding hydrogens is 292 g/mol. The van der Waals surface area contributed by atoms with Crippen molar-refractivity contribution < 1.29 is 4.74 Å². The molecule has 0 saturated heterocycles. The highest BCUT2D eigenvalue weighted by Gasteiger charge is 2.09. The van der Waals surface area contributed by atoms with Crippen LogP contribution in [0.2, 0.25) is 5.02 Å². The summed E-state index contributed by atoms with van der Waals surface area (Å²) in [4.78, 5) is 0.339. The molecule has 0 heterocycles. The van der Waals surface area contributed by atoms with Crippen molar-refractivity contribution in [2.24, 2.45) is 5.73 Å². The fraction of sp³-hybridized carbons (Fsp3) is 0.133. The standard InChI is InChI=1S/C15H15ClN2OS/c1-9-3-5-11(15(17)20)13(7-9)18-14-8-10(19-2)4-6-12(14)16/h3-8,18H,1-2H3,(H2,17,20). The molecule has 0 aliphatic heterocycles. The molecule has 0 spiro atoms. The Morgan fingerprint density at radius 2 is 1.95 bits per heavy atom. The first-order valence-electron chi connectivity index (χ1n) is 6.02. The number of halogens is 1. The molecule has 3 N–H and O–H groups in total. The van der Waals surface area contributed by atoms with Crippen molar-refractivity contribution in [1.82, 2.24) is 0 Å². The molecule has 0 saturated carbocycles. The number of aryl methyl sites for hydroxylation is 1. The molecule has 0 bridgehead atoms. The van der Waals surface area contributed by atoms with E-state index in [1.165, 1.54) is 0 Å². The van der Waals surface area contributed by atoms with Gasteiger partial charge in [-0.3, -0.25) is 0 Å². The van der Waals surface area contributed by atoms with E-state index < -0.39 is 0 Å². The van der Waals surface area contributed by atoms with Gasteiger partial charge in [-0.25, -0.2) is 0 Å². The summed E-state index contributed by atoms with van der Waals surface area (Å²) < 4.78 is 5.20. The summed E-state index contributed by atoms with van der Waals surface area (Å²) in [7, 11) is 1.61. The highest BCUT2D eigenvalue weighted by molar-refractivity contribution is 7.80. The van der Waals surface area contributed by atoms with Gasteiger partial charge >= 0.3 is 0 Å². The maximum Gasteiger partial charge on any atom is 0.121 e. The highest BCUT2D eigenvalue weighted by atomic mass is 35.5. The summed E-state index contributed by atoms with van der Waals surface area (Å²) in [5, 5.41) is 3.86. The van der Waals surface area contributed by atoms with E-state index in [-0.39, 0.29) is 0 Å². The summed E-state index contributed by atoms with van der Waals surface area (Å²) >= 11 is 11.3. The topological polar surface area (TPSA) is 47.3 Å². The molecular formula is C15H15ClN2OS. The first-order valence-corrected chi connectivity index (χ1v) is 6.81. The van der Waals surface area contributed by atoms with Crippen molar-refractivity contribution >= 4 is 40.2 Å². The minimum atomic E-state index is 0.339. The number of thiocarbonyl (C=S) groups is 1. The monoisotopic (exact) mass is 306 g/mol. The van der Waals surface area contributed by atoms with Gasteiger partial charge in [0.2, 0.25) is 0 Å². The molecule has 0 aliphatic rings. The third kappa shape index (κ3) is 3.21. The van der Waals surface area contributed by atoms with Crippen LogP contribution >= 0.6 is 23.8 Å². The van der Waals surface area contributed by atoms with Crippen molar-refractivity contribution in [3.05, 3.63) is 52.5 Å². The van der Waals surface area contributed by atoms with Gasteiger partial charge < -0.3 is 15.8 Å². The van der Waals surface area contributed by atoms with Crippen LogP contribution in [0.1, 0.15) is 11.1 Å². The van der Waals surface area contributed by atoms with E-state index in [2.05, 4.69) is 5.32 Å². The number of nitrogens with one attached hydrogen (secondary N) is 1. The average molecular weight is 307 g/mol. The van der Waals surface area contributed by atoms with Crippen LogP contribution in [0.15, 0.2) is 36.4 Å². The lowest BCUT2D eigenvalue weighted by Gasteiger charge is -2.14. The number of benzene rings is 2. The number of hydrogen-bond donors (Lipinski definition) is 2. The van der Waals surface area contributed by atoms with Crippen LogP contribution in [0, 0.1) is 6.92 Å². The summed E-state index contributed by atoms with van der Waals surface area (Å²) in [6, 6.07) is 11.2. The highest BCUT2D eigenvalue weighted by Crippen LogP contribution is 2.31. The lowest BCUT2D eigenvalue weighted by molar-refractivity contribution is 0.415. The van der Waals surface area contributed by atoms with Gasteiger partial charge in [-0.2, -0.15) is 0 Å². The molecule has 0 amide bonds. The van der Waals surface area contributed by atoms with Gasteiger partial charge in [-0.15, -0.1) is 0 Å². The maximum atomic E-state index is 6.19. The minimum Gasteiger partial charge on any atom is -0.497 e. The Hall–Kier alpha value is -1.78. The molecule has 3 nitrogen and oxygen atoms in total. The lowest BCUT2D eigenvalue weighted by Crippen LogP contribution is -2.12. The molecule has 104 valence electrons. The van der Waals surface area contributed by atoms with E-state index in [4.69, 9.17) is 34.3 Å². The van der Waals surface area contributed by atoms with E-state index in [0.29, 0.717) is 10.0 Å². The van der Waals surface area contributed by atoms with E-state index in [0.717, 1.165) is 28.3 Å². The fourth-order valence-electron chi connectivity index (χ4n) is 1.85. The Morgan fingerprint density at radius 1 is 1.20 bits per heavy atom. The van der Waals surface area contributed by atoms with Crippen molar-refractivity contribution in [1.29, 1.82) is 0 Å². The first kappa shape index (κ1) is 14.6. The number of hydrogen-bond acceptors (Lipinski definition) is 3. The fourth-order valence-corrected chi connectivity index (χ4v) is 2.19. The van der Waals surface area contributed by atoms with Gasteiger partial charge in [0.25, 0.3) is 0 Å². The number of nitrogens with two attached hydrogens (primary N) is 1. The van der Waals surface area contributed by atoms with E-state index in [9.17, 15) is 0 Å². The van der Waals surface area contributed by atoms with Gasteiger partial charge in [-0.1, -0.05) is 29.9 Å².